The predicted octanol–water partition coefficient (Wildman–Crippen LogP) is 2.04. The van der Waals surface area contributed by atoms with Gasteiger partial charge in [-0.1, -0.05) is 18.2 Å². The van der Waals surface area contributed by atoms with Crippen molar-refractivity contribution in [1.82, 2.24) is 15.5 Å². The minimum atomic E-state index is -1.28. The van der Waals surface area contributed by atoms with Crippen molar-refractivity contribution in [3.8, 4) is 5.75 Å². The lowest BCUT2D eigenvalue weighted by Gasteiger charge is -2.43. The summed E-state index contributed by atoms with van der Waals surface area (Å²) in [6.45, 7) is 6.84. The number of phenolic OH excluding ortho intramolecular Hbond substituents is 1. The Bertz CT molecular complexity index is 1030. The molecule has 12 heteroatoms. The normalized spacial score (nSPS) is 14.8. The van der Waals surface area contributed by atoms with Gasteiger partial charge < -0.3 is 35.8 Å². The summed E-state index contributed by atoms with van der Waals surface area (Å²) >= 11 is 0. The van der Waals surface area contributed by atoms with Crippen LogP contribution < -0.4 is 16.4 Å². The number of phenols is 1. The van der Waals surface area contributed by atoms with Gasteiger partial charge in [-0.05, 0) is 59.4 Å². The standard InChI is InChI=1S/C27H40N4O8/c1-5-38-22(34)15-16-29-24(35)23(18-11-6-7-12-20(18)32)31(17-9-8-10-17)25(36)19(13-14-21(28)33)30-26(37)39-27(2,3)4/h6-7,11-12,17,19,23,32H,5,8-10,13-16H2,1-4H3,(H2,28,33)(H,29,35)(H,30,37). The van der Waals surface area contributed by atoms with Crippen molar-refractivity contribution in [1.29, 1.82) is 0 Å². The number of esters is 1. The average molecular weight is 549 g/mol. The zero-order chi connectivity index (χ0) is 29.2. The molecule has 0 bridgehead atoms. The van der Waals surface area contributed by atoms with E-state index in [4.69, 9.17) is 15.2 Å². The number of primary amides is 1. The van der Waals surface area contributed by atoms with E-state index in [-0.39, 0.29) is 49.8 Å². The molecular formula is C27H40N4O8. The van der Waals surface area contributed by atoms with Crippen molar-refractivity contribution in [2.45, 2.75) is 89.9 Å². The van der Waals surface area contributed by atoms with Crippen LogP contribution in [0.25, 0.3) is 0 Å². The second-order valence-corrected chi connectivity index (χ2v) is 10.3. The molecule has 1 aliphatic carbocycles. The number of benzene rings is 1. The van der Waals surface area contributed by atoms with Gasteiger partial charge in [-0.2, -0.15) is 0 Å². The predicted molar refractivity (Wildman–Crippen MR) is 141 cm³/mol. The molecule has 2 rings (SSSR count). The van der Waals surface area contributed by atoms with E-state index in [1.807, 2.05) is 0 Å². The van der Waals surface area contributed by atoms with Gasteiger partial charge in [-0.15, -0.1) is 0 Å². The van der Waals surface area contributed by atoms with Gasteiger partial charge in [0.1, 0.15) is 23.4 Å². The van der Waals surface area contributed by atoms with Crippen molar-refractivity contribution in [3.63, 3.8) is 0 Å². The average Bonchev–Trinajstić information content (AvgIpc) is 2.79. The van der Waals surface area contributed by atoms with Gasteiger partial charge in [-0.25, -0.2) is 4.79 Å². The number of carbonyl (C=O) groups is 5. The van der Waals surface area contributed by atoms with Crippen LogP contribution in [0.1, 0.15) is 77.8 Å². The number of rotatable bonds is 13. The Kier molecular flexibility index (Phi) is 11.6. The third kappa shape index (κ3) is 9.77. The van der Waals surface area contributed by atoms with Gasteiger partial charge in [-0.3, -0.25) is 19.2 Å². The summed E-state index contributed by atoms with van der Waals surface area (Å²) in [6, 6.07) is 3.28. The number of amides is 4. The van der Waals surface area contributed by atoms with Gasteiger partial charge in [0.15, 0.2) is 0 Å². The molecule has 0 saturated heterocycles. The van der Waals surface area contributed by atoms with Crippen LogP contribution >= 0.6 is 0 Å². The van der Waals surface area contributed by atoms with Crippen molar-refractivity contribution in [2.24, 2.45) is 5.73 Å². The van der Waals surface area contributed by atoms with Crippen LogP contribution in [0, 0.1) is 0 Å². The number of para-hydroxylation sites is 1. The Morgan fingerprint density at radius 2 is 1.79 bits per heavy atom. The molecule has 0 aliphatic heterocycles. The molecular weight excluding hydrogens is 508 g/mol. The van der Waals surface area contributed by atoms with E-state index >= 15 is 0 Å². The SMILES string of the molecule is CCOC(=O)CCNC(=O)C(c1ccccc1O)N(C(=O)C(CCC(N)=O)NC(=O)OC(C)(C)C)C1CCC1. The molecule has 0 spiro atoms. The molecule has 12 nitrogen and oxygen atoms in total. The molecule has 0 aromatic heterocycles. The fraction of sp³-hybridized carbons (Fsp3) is 0.593. The van der Waals surface area contributed by atoms with E-state index in [1.165, 1.54) is 17.0 Å². The van der Waals surface area contributed by atoms with Gasteiger partial charge in [0.25, 0.3) is 0 Å². The maximum Gasteiger partial charge on any atom is 0.408 e. The number of hydrogen-bond acceptors (Lipinski definition) is 8. The lowest BCUT2D eigenvalue weighted by molar-refractivity contribution is -0.148. The Morgan fingerprint density at radius 3 is 2.33 bits per heavy atom. The highest BCUT2D eigenvalue weighted by atomic mass is 16.6. The fourth-order valence-corrected chi connectivity index (χ4v) is 4.11. The van der Waals surface area contributed by atoms with Gasteiger partial charge in [0, 0.05) is 24.6 Å². The van der Waals surface area contributed by atoms with Gasteiger partial charge >= 0.3 is 12.1 Å². The molecule has 1 fully saturated rings. The quantitative estimate of drug-likeness (QED) is 0.271. The van der Waals surface area contributed by atoms with Gasteiger partial charge in [0.2, 0.25) is 17.7 Å². The molecule has 5 N–H and O–H groups in total. The second kappa shape index (κ2) is 14.4. The zero-order valence-electron chi connectivity index (χ0n) is 23.0. The van der Waals surface area contributed by atoms with E-state index in [0.717, 1.165) is 6.42 Å². The largest absolute Gasteiger partial charge is 0.508 e. The third-order valence-corrected chi connectivity index (χ3v) is 6.08. The highest BCUT2D eigenvalue weighted by Gasteiger charge is 2.42. The van der Waals surface area contributed by atoms with Crippen molar-refractivity contribution in [3.05, 3.63) is 29.8 Å². The highest BCUT2D eigenvalue weighted by molar-refractivity contribution is 5.93. The van der Waals surface area contributed by atoms with Crippen LogP contribution in [0.15, 0.2) is 24.3 Å². The van der Waals surface area contributed by atoms with E-state index < -0.39 is 47.5 Å². The smallest absolute Gasteiger partial charge is 0.408 e. The molecule has 216 valence electrons. The molecule has 2 unspecified atom stereocenters. The monoisotopic (exact) mass is 548 g/mol. The maximum atomic E-state index is 14.1. The van der Waals surface area contributed by atoms with E-state index in [1.54, 1.807) is 39.8 Å². The molecule has 39 heavy (non-hydrogen) atoms. The molecule has 0 radical (unpaired) electrons. The number of ether oxygens (including phenoxy) is 2. The van der Waals surface area contributed by atoms with Crippen molar-refractivity contribution >= 4 is 29.8 Å². The van der Waals surface area contributed by atoms with Crippen LogP contribution in [0.5, 0.6) is 5.75 Å². The zero-order valence-corrected chi connectivity index (χ0v) is 23.0. The number of carbonyl (C=O) groups excluding carboxylic acids is 5. The minimum absolute atomic E-state index is 0.0459. The van der Waals surface area contributed by atoms with E-state index in [2.05, 4.69) is 10.6 Å². The minimum Gasteiger partial charge on any atom is -0.508 e. The number of hydrogen-bond donors (Lipinski definition) is 4. The first-order chi connectivity index (χ1) is 18.3. The maximum absolute atomic E-state index is 14.1. The van der Waals surface area contributed by atoms with Crippen LogP contribution in [0.4, 0.5) is 4.79 Å². The number of aromatic hydroxyl groups is 1. The summed E-state index contributed by atoms with van der Waals surface area (Å²) in [5.41, 5.74) is 4.66. The third-order valence-electron chi connectivity index (χ3n) is 6.08. The number of nitrogens with one attached hydrogen (secondary N) is 2. The number of nitrogens with zero attached hydrogens (tertiary/aromatic N) is 1. The van der Waals surface area contributed by atoms with E-state index in [0.29, 0.717) is 12.8 Å². The molecule has 1 aromatic carbocycles. The summed E-state index contributed by atoms with van der Waals surface area (Å²) in [5.74, 6) is -2.60. The summed E-state index contributed by atoms with van der Waals surface area (Å²) in [5, 5.41) is 15.9. The topological polar surface area (TPSA) is 177 Å². The fourth-order valence-electron chi connectivity index (χ4n) is 4.11. The lowest BCUT2D eigenvalue weighted by Crippen LogP contribution is -2.57. The summed E-state index contributed by atoms with van der Waals surface area (Å²) in [6.07, 6.45) is 0.759. The van der Waals surface area contributed by atoms with Crippen LogP contribution in [0.2, 0.25) is 0 Å². The lowest BCUT2D eigenvalue weighted by atomic mass is 9.87. The molecule has 2 atom stereocenters. The molecule has 1 aromatic rings. The van der Waals surface area contributed by atoms with Crippen LogP contribution in [0.3, 0.4) is 0 Å². The van der Waals surface area contributed by atoms with Crippen molar-refractivity contribution in [2.75, 3.05) is 13.2 Å². The summed E-state index contributed by atoms with van der Waals surface area (Å²) in [7, 11) is 0. The first-order valence-electron chi connectivity index (χ1n) is 13.1. The molecule has 1 saturated carbocycles. The molecule has 0 heterocycles. The number of nitrogens with two attached hydrogens (primary N) is 1. The highest BCUT2D eigenvalue weighted by Crippen LogP contribution is 2.36. The molecule has 4 amide bonds. The van der Waals surface area contributed by atoms with E-state index in [9.17, 15) is 29.1 Å². The van der Waals surface area contributed by atoms with Crippen LogP contribution in [-0.4, -0.2) is 70.6 Å². The Hall–Kier alpha value is -3.83. The number of alkyl carbamates (subject to hydrolysis) is 1. The van der Waals surface area contributed by atoms with Gasteiger partial charge in [0.05, 0.1) is 13.0 Å². The first kappa shape index (κ1) is 31.4. The Morgan fingerprint density at radius 1 is 1.13 bits per heavy atom. The van der Waals surface area contributed by atoms with Crippen molar-refractivity contribution < 1.29 is 38.6 Å². The second-order valence-electron chi connectivity index (χ2n) is 10.3. The van der Waals surface area contributed by atoms with Crippen LogP contribution in [-0.2, 0) is 28.7 Å². The molecule has 1 aliphatic rings. The summed E-state index contributed by atoms with van der Waals surface area (Å²) < 4.78 is 10.2. The Labute approximate surface area is 228 Å². The first-order valence-corrected chi connectivity index (χ1v) is 13.1. The Balaban J connectivity index is 2.44. The summed E-state index contributed by atoms with van der Waals surface area (Å²) in [4.78, 5) is 64.9.